The summed E-state index contributed by atoms with van der Waals surface area (Å²) in [6.07, 6.45) is -0.273. The zero-order chi connectivity index (χ0) is 15.8. The first-order chi connectivity index (χ1) is 9.90. The normalized spacial score (nSPS) is 13.3. The number of para-hydroxylation sites is 1. The van der Waals surface area contributed by atoms with E-state index in [0.717, 1.165) is 0 Å². The fourth-order valence-electron chi connectivity index (χ4n) is 1.67. The molecule has 0 aromatic heterocycles. The highest BCUT2D eigenvalue weighted by molar-refractivity contribution is 5.80. The third-order valence-corrected chi connectivity index (χ3v) is 2.99. The standard InChI is InChI=1S/C15H20FNO4/c1-10(7-8-14(18)19)9-17-15(20)11(2)21-13-6-4-3-5-12(13)16/h3-6,10-11H,7-9H2,1-2H3,(H,17,20)(H,18,19). The van der Waals surface area contributed by atoms with E-state index in [1.54, 1.807) is 6.07 Å². The van der Waals surface area contributed by atoms with E-state index in [9.17, 15) is 14.0 Å². The summed E-state index contributed by atoms with van der Waals surface area (Å²) in [5.41, 5.74) is 0. The lowest BCUT2D eigenvalue weighted by molar-refractivity contribution is -0.137. The average Bonchev–Trinajstić information content (AvgIpc) is 2.44. The van der Waals surface area contributed by atoms with Gasteiger partial charge in [0.05, 0.1) is 0 Å². The number of hydrogen-bond donors (Lipinski definition) is 2. The van der Waals surface area contributed by atoms with Crippen molar-refractivity contribution in [3.8, 4) is 5.75 Å². The maximum atomic E-state index is 13.4. The molecule has 0 saturated heterocycles. The average molecular weight is 297 g/mol. The van der Waals surface area contributed by atoms with Crippen LogP contribution in [0.25, 0.3) is 0 Å². The van der Waals surface area contributed by atoms with E-state index >= 15 is 0 Å². The van der Waals surface area contributed by atoms with Crippen molar-refractivity contribution >= 4 is 11.9 Å². The van der Waals surface area contributed by atoms with Gasteiger partial charge in [0.1, 0.15) is 0 Å². The van der Waals surface area contributed by atoms with Crippen molar-refractivity contribution < 1.29 is 23.8 Å². The molecule has 0 heterocycles. The molecule has 1 aromatic rings. The van der Waals surface area contributed by atoms with Crippen molar-refractivity contribution in [3.63, 3.8) is 0 Å². The van der Waals surface area contributed by atoms with Gasteiger partial charge in [-0.05, 0) is 31.4 Å². The van der Waals surface area contributed by atoms with Gasteiger partial charge in [-0.2, -0.15) is 0 Å². The highest BCUT2D eigenvalue weighted by atomic mass is 19.1. The molecule has 5 nitrogen and oxygen atoms in total. The fourth-order valence-corrected chi connectivity index (χ4v) is 1.67. The van der Waals surface area contributed by atoms with Gasteiger partial charge in [0.15, 0.2) is 17.7 Å². The fraction of sp³-hybridized carbons (Fsp3) is 0.467. The molecule has 0 spiro atoms. The van der Waals surface area contributed by atoms with Crippen molar-refractivity contribution in [1.29, 1.82) is 0 Å². The topological polar surface area (TPSA) is 75.6 Å². The molecule has 1 rings (SSSR count). The van der Waals surface area contributed by atoms with Crippen molar-refractivity contribution in [2.24, 2.45) is 5.92 Å². The lowest BCUT2D eigenvalue weighted by Crippen LogP contribution is -2.38. The molecule has 116 valence electrons. The molecule has 6 heteroatoms. The number of ether oxygens (including phenoxy) is 1. The summed E-state index contributed by atoms with van der Waals surface area (Å²) in [4.78, 5) is 22.3. The molecule has 0 radical (unpaired) electrons. The van der Waals surface area contributed by atoms with E-state index in [4.69, 9.17) is 9.84 Å². The monoisotopic (exact) mass is 297 g/mol. The van der Waals surface area contributed by atoms with E-state index in [2.05, 4.69) is 5.32 Å². The SMILES string of the molecule is CC(CCC(=O)O)CNC(=O)C(C)Oc1ccccc1F. The highest BCUT2D eigenvalue weighted by Crippen LogP contribution is 2.17. The Morgan fingerprint density at radius 1 is 1.33 bits per heavy atom. The minimum atomic E-state index is -0.857. The van der Waals surface area contributed by atoms with Crippen LogP contribution < -0.4 is 10.1 Å². The smallest absolute Gasteiger partial charge is 0.303 e. The van der Waals surface area contributed by atoms with Crippen molar-refractivity contribution in [1.82, 2.24) is 5.32 Å². The van der Waals surface area contributed by atoms with E-state index in [1.807, 2.05) is 6.92 Å². The number of carbonyl (C=O) groups excluding carboxylic acids is 1. The summed E-state index contributed by atoms with van der Waals surface area (Å²) in [6.45, 7) is 3.74. The molecule has 0 aliphatic rings. The van der Waals surface area contributed by atoms with Crippen molar-refractivity contribution in [2.45, 2.75) is 32.8 Å². The minimum absolute atomic E-state index is 0.0269. The Morgan fingerprint density at radius 2 is 2.00 bits per heavy atom. The van der Waals surface area contributed by atoms with Crippen LogP contribution in [-0.2, 0) is 9.59 Å². The predicted octanol–water partition coefficient (Wildman–Crippen LogP) is 2.21. The lowest BCUT2D eigenvalue weighted by atomic mass is 10.1. The Bertz CT molecular complexity index is 492. The van der Waals surface area contributed by atoms with Crippen LogP contribution in [0, 0.1) is 11.7 Å². The van der Waals surface area contributed by atoms with Gasteiger partial charge in [0.25, 0.3) is 5.91 Å². The van der Waals surface area contributed by atoms with Crippen LogP contribution in [0.15, 0.2) is 24.3 Å². The van der Waals surface area contributed by atoms with E-state index in [0.29, 0.717) is 13.0 Å². The molecular formula is C15H20FNO4. The van der Waals surface area contributed by atoms with Gasteiger partial charge >= 0.3 is 5.97 Å². The maximum Gasteiger partial charge on any atom is 0.303 e. The summed E-state index contributed by atoms with van der Waals surface area (Å²) in [7, 11) is 0. The zero-order valence-electron chi connectivity index (χ0n) is 12.1. The number of nitrogens with one attached hydrogen (secondary N) is 1. The molecule has 0 fully saturated rings. The van der Waals surface area contributed by atoms with Gasteiger partial charge in [0, 0.05) is 13.0 Å². The third-order valence-electron chi connectivity index (χ3n) is 2.99. The molecule has 1 aromatic carbocycles. The van der Waals surface area contributed by atoms with Crippen LogP contribution in [0.2, 0.25) is 0 Å². The van der Waals surface area contributed by atoms with Crippen LogP contribution in [0.1, 0.15) is 26.7 Å². The van der Waals surface area contributed by atoms with Crippen LogP contribution in [0.4, 0.5) is 4.39 Å². The molecule has 2 atom stereocenters. The van der Waals surface area contributed by atoms with Crippen molar-refractivity contribution in [3.05, 3.63) is 30.1 Å². The van der Waals surface area contributed by atoms with Crippen LogP contribution in [-0.4, -0.2) is 29.6 Å². The number of rotatable bonds is 8. The molecular weight excluding hydrogens is 277 g/mol. The van der Waals surface area contributed by atoms with Gasteiger partial charge in [-0.3, -0.25) is 9.59 Å². The molecule has 0 bridgehead atoms. The molecule has 1 amide bonds. The zero-order valence-corrected chi connectivity index (χ0v) is 12.1. The predicted molar refractivity (Wildman–Crippen MR) is 75.5 cm³/mol. The molecule has 0 aliphatic heterocycles. The summed E-state index contributed by atoms with van der Waals surface area (Å²) in [6, 6.07) is 5.87. The third kappa shape index (κ3) is 6.25. The Kier molecular flexibility index (Phi) is 6.65. The summed E-state index contributed by atoms with van der Waals surface area (Å²) in [5, 5.41) is 11.2. The molecule has 0 saturated carbocycles. The van der Waals surface area contributed by atoms with E-state index in [1.165, 1.54) is 25.1 Å². The van der Waals surface area contributed by atoms with Gasteiger partial charge in [-0.25, -0.2) is 4.39 Å². The van der Waals surface area contributed by atoms with Gasteiger partial charge in [0.2, 0.25) is 0 Å². The first-order valence-corrected chi connectivity index (χ1v) is 6.80. The summed E-state index contributed by atoms with van der Waals surface area (Å²) in [5.74, 6) is -1.67. The Labute approximate surface area is 123 Å². The van der Waals surface area contributed by atoms with E-state index in [-0.39, 0.29) is 24.0 Å². The number of benzene rings is 1. The number of carbonyl (C=O) groups is 2. The largest absolute Gasteiger partial charge is 0.481 e. The summed E-state index contributed by atoms with van der Waals surface area (Å²) >= 11 is 0. The van der Waals surface area contributed by atoms with Crippen LogP contribution in [0.3, 0.4) is 0 Å². The second-order valence-corrected chi connectivity index (χ2v) is 4.97. The molecule has 2 N–H and O–H groups in total. The Balaban J connectivity index is 2.38. The number of halogens is 1. The maximum absolute atomic E-state index is 13.4. The number of hydrogen-bond acceptors (Lipinski definition) is 3. The highest BCUT2D eigenvalue weighted by Gasteiger charge is 2.17. The number of aliphatic carboxylic acids is 1. The van der Waals surface area contributed by atoms with Gasteiger partial charge in [-0.1, -0.05) is 19.1 Å². The second kappa shape index (κ2) is 8.24. The van der Waals surface area contributed by atoms with E-state index < -0.39 is 17.9 Å². The van der Waals surface area contributed by atoms with Crippen molar-refractivity contribution in [2.75, 3.05) is 6.54 Å². The molecule has 0 aliphatic carbocycles. The number of carboxylic acid groups (broad SMARTS) is 1. The minimum Gasteiger partial charge on any atom is -0.481 e. The Hall–Kier alpha value is -2.11. The van der Waals surface area contributed by atoms with Gasteiger partial charge < -0.3 is 15.2 Å². The first kappa shape index (κ1) is 16.9. The van der Waals surface area contributed by atoms with Gasteiger partial charge in [-0.15, -0.1) is 0 Å². The molecule has 2 unspecified atom stereocenters. The lowest BCUT2D eigenvalue weighted by Gasteiger charge is -2.17. The summed E-state index contributed by atoms with van der Waals surface area (Å²) < 4.78 is 18.6. The number of amides is 1. The molecule has 21 heavy (non-hydrogen) atoms. The second-order valence-electron chi connectivity index (χ2n) is 4.97. The van der Waals surface area contributed by atoms with Crippen LogP contribution >= 0.6 is 0 Å². The number of carboxylic acids is 1. The Morgan fingerprint density at radius 3 is 2.62 bits per heavy atom. The quantitative estimate of drug-likeness (QED) is 0.771. The first-order valence-electron chi connectivity index (χ1n) is 6.80. The van der Waals surface area contributed by atoms with Crippen LogP contribution in [0.5, 0.6) is 5.75 Å².